The van der Waals surface area contributed by atoms with Crippen molar-refractivity contribution in [1.29, 1.82) is 0 Å². The minimum atomic E-state index is -4.01. The molecule has 0 amide bonds. The predicted octanol–water partition coefficient (Wildman–Crippen LogP) is 2.72. The fourth-order valence-electron chi connectivity index (χ4n) is 1.83. The molecule has 0 fully saturated rings. The summed E-state index contributed by atoms with van der Waals surface area (Å²) in [4.78, 5) is 11.3. The molecule has 0 bridgehead atoms. The van der Waals surface area contributed by atoms with Crippen molar-refractivity contribution in [3.05, 3.63) is 59.4 Å². The lowest BCUT2D eigenvalue weighted by atomic mass is 10.2. The highest BCUT2D eigenvalue weighted by Crippen LogP contribution is 2.21. The van der Waals surface area contributed by atoms with Gasteiger partial charge in [0.15, 0.2) is 0 Å². The third kappa shape index (κ3) is 3.43. The van der Waals surface area contributed by atoms with E-state index in [1.165, 1.54) is 49.6 Å². The Hall–Kier alpha value is -2.41. The van der Waals surface area contributed by atoms with Crippen LogP contribution in [-0.2, 0) is 14.8 Å². The van der Waals surface area contributed by atoms with Crippen molar-refractivity contribution in [3.63, 3.8) is 0 Å². The van der Waals surface area contributed by atoms with E-state index in [0.717, 1.165) is 0 Å². The van der Waals surface area contributed by atoms with E-state index in [4.69, 9.17) is 0 Å². The summed E-state index contributed by atoms with van der Waals surface area (Å²) < 4.78 is 45.0. The van der Waals surface area contributed by atoms with E-state index in [-0.39, 0.29) is 16.1 Å². The van der Waals surface area contributed by atoms with Gasteiger partial charge in [-0.2, -0.15) is 0 Å². The van der Waals surface area contributed by atoms with E-state index < -0.39 is 21.8 Å². The van der Waals surface area contributed by atoms with Crippen LogP contribution < -0.4 is 4.72 Å². The lowest BCUT2D eigenvalue weighted by molar-refractivity contribution is 0.0600. The zero-order chi connectivity index (χ0) is 16.3. The zero-order valence-electron chi connectivity index (χ0n) is 12.0. The molecule has 22 heavy (non-hydrogen) atoms. The number of carbonyl (C=O) groups excluding carboxylic acids is 1. The number of methoxy groups -OCH3 is 1. The molecule has 0 aromatic heterocycles. The first-order valence-electron chi connectivity index (χ1n) is 6.31. The Bertz CT molecular complexity index is 818. The van der Waals surface area contributed by atoms with Gasteiger partial charge in [0.1, 0.15) is 5.82 Å². The zero-order valence-corrected chi connectivity index (χ0v) is 12.8. The lowest BCUT2D eigenvalue weighted by Gasteiger charge is -2.10. The molecule has 0 atom stereocenters. The van der Waals surface area contributed by atoms with Gasteiger partial charge in [-0.05, 0) is 42.8 Å². The van der Waals surface area contributed by atoms with Gasteiger partial charge < -0.3 is 4.74 Å². The van der Waals surface area contributed by atoms with Crippen molar-refractivity contribution >= 4 is 21.7 Å². The Morgan fingerprint density at radius 2 is 1.91 bits per heavy atom. The number of carbonyl (C=O) groups is 1. The van der Waals surface area contributed by atoms with Crippen molar-refractivity contribution in [2.24, 2.45) is 0 Å². The van der Waals surface area contributed by atoms with Gasteiger partial charge in [-0.15, -0.1) is 0 Å². The summed E-state index contributed by atoms with van der Waals surface area (Å²) in [5.41, 5.74) is 0.654. The molecule has 0 aliphatic heterocycles. The van der Waals surface area contributed by atoms with Crippen molar-refractivity contribution < 1.29 is 22.3 Å². The SMILES string of the molecule is COC(=O)c1cccc(S(=O)(=O)Nc2cc(C)ccc2F)c1. The monoisotopic (exact) mass is 323 g/mol. The fraction of sp³-hybridized carbons (Fsp3) is 0.133. The third-order valence-corrected chi connectivity index (χ3v) is 4.29. The number of halogens is 1. The van der Waals surface area contributed by atoms with Gasteiger partial charge in [0.05, 0.1) is 23.3 Å². The van der Waals surface area contributed by atoms with Crippen molar-refractivity contribution in [2.45, 2.75) is 11.8 Å². The molecule has 116 valence electrons. The number of sulfonamides is 1. The van der Waals surface area contributed by atoms with Crippen LogP contribution in [0, 0.1) is 12.7 Å². The largest absolute Gasteiger partial charge is 0.465 e. The first kappa shape index (κ1) is 16.0. The molecule has 0 saturated carbocycles. The number of rotatable bonds is 4. The topological polar surface area (TPSA) is 72.5 Å². The van der Waals surface area contributed by atoms with Gasteiger partial charge in [-0.3, -0.25) is 4.72 Å². The Labute approximate surface area is 127 Å². The van der Waals surface area contributed by atoms with Crippen molar-refractivity contribution in [1.82, 2.24) is 0 Å². The molecule has 2 aromatic carbocycles. The molecule has 0 heterocycles. The van der Waals surface area contributed by atoms with Crippen LogP contribution in [0.3, 0.4) is 0 Å². The van der Waals surface area contributed by atoms with Crippen LogP contribution >= 0.6 is 0 Å². The summed E-state index contributed by atoms with van der Waals surface area (Å²) in [6.07, 6.45) is 0. The molecule has 1 N–H and O–H groups in total. The van der Waals surface area contributed by atoms with E-state index in [1.807, 2.05) is 0 Å². The number of nitrogens with one attached hydrogen (secondary N) is 1. The van der Waals surface area contributed by atoms with E-state index in [0.29, 0.717) is 5.56 Å². The molecule has 2 rings (SSSR count). The average Bonchev–Trinajstić information content (AvgIpc) is 2.50. The Kier molecular flexibility index (Phi) is 4.46. The Balaban J connectivity index is 2.38. The minimum Gasteiger partial charge on any atom is -0.465 e. The maximum absolute atomic E-state index is 13.7. The summed E-state index contributed by atoms with van der Waals surface area (Å²) in [6, 6.07) is 9.41. The van der Waals surface area contributed by atoms with Crippen LogP contribution in [-0.4, -0.2) is 21.5 Å². The van der Waals surface area contributed by atoms with E-state index in [1.54, 1.807) is 6.92 Å². The molecular formula is C15H14FNO4S. The highest BCUT2D eigenvalue weighted by atomic mass is 32.2. The predicted molar refractivity (Wildman–Crippen MR) is 79.7 cm³/mol. The maximum Gasteiger partial charge on any atom is 0.337 e. The van der Waals surface area contributed by atoms with Crippen molar-refractivity contribution in [3.8, 4) is 0 Å². The number of aryl methyl sites for hydroxylation is 1. The van der Waals surface area contributed by atoms with Crippen LogP contribution in [0.2, 0.25) is 0 Å². The third-order valence-electron chi connectivity index (χ3n) is 2.93. The van der Waals surface area contributed by atoms with E-state index in [9.17, 15) is 17.6 Å². The Morgan fingerprint density at radius 1 is 1.18 bits per heavy atom. The first-order chi connectivity index (χ1) is 10.3. The highest BCUT2D eigenvalue weighted by molar-refractivity contribution is 7.92. The molecule has 0 aliphatic rings. The fourth-order valence-corrected chi connectivity index (χ4v) is 2.93. The normalized spacial score (nSPS) is 11.0. The molecule has 0 unspecified atom stereocenters. The second kappa shape index (κ2) is 6.15. The summed E-state index contributed by atoms with van der Waals surface area (Å²) in [6.45, 7) is 1.72. The van der Waals surface area contributed by atoms with Gasteiger partial charge in [0.25, 0.3) is 10.0 Å². The molecule has 2 aromatic rings. The quantitative estimate of drug-likeness (QED) is 0.878. The van der Waals surface area contributed by atoms with Crippen LogP contribution in [0.25, 0.3) is 0 Å². The number of hydrogen-bond donors (Lipinski definition) is 1. The summed E-state index contributed by atoms with van der Waals surface area (Å²) in [5.74, 6) is -1.34. The summed E-state index contributed by atoms with van der Waals surface area (Å²) in [7, 11) is -2.82. The molecule has 5 nitrogen and oxygen atoms in total. The average molecular weight is 323 g/mol. The minimum absolute atomic E-state index is 0.0927. The van der Waals surface area contributed by atoms with Gasteiger partial charge >= 0.3 is 5.97 Å². The molecule has 7 heteroatoms. The van der Waals surface area contributed by atoms with Crippen LogP contribution in [0.1, 0.15) is 15.9 Å². The van der Waals surface area contributed by atoms with Crippen LogP contribution in [0.5, 0.6) is 0 Å². The highest BCUT2D eigenvalue weighted by Gasteiger charge is 2.18. The maximum atomic E-state index is 13.7. The lowest BCUT2D eigenvalue weighted by Crippen LogP contribution is -2.15. The number of ether oxygens (including phenoxy) is 1. The second-order valence-electron chi connectivity index (χ2n) is 4.61. The molecule has 0 aliphatic carbocycles. The van der Waals surface area contributed by atoms with Gasteiger partial charge in [-0.25, -0.2) is 17.6 Å². The molecule has 0 spiro atoms. The standard InChI is InChI=1S/C15H14FNO4S/c1-10-6-7-13(16)14(8-10)17-22(19,20)12-5-3-4-11(9-12)15(18)21-2/h3-9,17H,1-2H3. The Morgan fingerprint density at radius 3 is 2.59 bits per heavy atom. The van der Waals surface area contributed by atoms with Crippen LogP contribution in [0.15, 0.2) is 47.4 Å². The number of benzene rings is 2. The van der Waals surface area contributed by atoms with Gasteiger partial charge in [0.2, 0.25) is 0 Å². The molecule has 0 saturated heterocycles. The summed E-state index contributed by atoms with van der Waals surface area (Å²) in [5, 5.41) is 0. The van der Waals surface area contributed by atoms with E-state index in [2.05, 4.69) is 9.46 Å². The number of anilines is 1. The smallest absolute Gasteiger partial charge is 0.337 e. The van der Waals surface area contributed by atoms with Gasteiger partial charge in [0, 0.05) is 0 Å². The van der Waals surface area contributed by atoms with Crippen molar-refractivity contribution in [2.75, 3.05) is 11.8 Å². The van der Waals surface area contributed by atoms with Crippen LogP contribution in [0.4, 0.5) is 10.1 Å². The van der Waals surface area contributed by atoms with Gasteiger partial charge in [-0.1, -0.05) is 12.1 Å². The second-order valence-corrected chi connectivity index (χ2v) is 6.29. The number of hydrogen-bond acceptors (Lipinski definition) is 4. The number of esters is 1. The summed E-state index contributed by atoms with van der Waals surface area (Å²) >= 11 is 0. The first-order valence-corrected chi connectivity index (χ1v) is 7.79. The van der Waals surface area contributed by atoms with E-state index >= 15 is 0 Å². The molecular weight excluding hydrogens is 309 g/mol. The molecule has 0 radical (unpaired) electrons.